The van der Waals surface area contributed by atoms with Gasteiger partial charge in [-0.2, -0.15) is 4.31 Å². The number of piperidine rings is 1. The van der Waals surface area contributed by atoms with E-state index >= 15 is 0 Å². The summed E-state index contributed by atoms with van der Waals surface area (Å²) in [7, 11) is -3.45. The van der Waals surface area contributed by atoms with Crippen LogP contribution in [0.2, 0.25) is 0 Å². The topological polar surface area (TPSA) is 57.7 Å². The number of nitrogens with zero attached hydrogens (tertiary/aromatic N) is 2. The molecule has 2 heterocycles. The highest BCUT2D eigenvalue weighted by Crippen LogP contribution is 2.33. The van der Waals surface area contributed by atoms with Crippen molar-refractivity contribution >= 4 is 21.6 Å². The molecule has 2 aliphatic rings. The van der Waals surface area contributed by atoms with Crippen molar-refractivity contribution in [2.24, 2.45) is 0 Å². The molecule has 0 aromatic heterocycles. The Labute approximate surface area is 160 Å². The highest BCUT2D eigenvalue weighted by atomic mass is 32.2. The van der Waals surface area contributed by atoms with Crippen molar-refractivity contribution in [3.05, 3.63) is 59.2 Å². The van der Waals surface area contributed by atoms with Gasteiger partial charge in [0.2, 0.25) is 10.0 Å². The van der Waals surface area contributed by atoms with Crippen LogP contribution >= 0.6 is 0 Å². The number of carbonyl (C=O) groups is 1. The van der Waals surface area contributed by atoms with Crippen LogP contribution in [0.3, 0.4) is 0 Å². The van der Waals surface area contributed by atoms with Crippen LogP contribution in [0, 0.1) is 6.92 Å². The van der Waals surface area contributed by atoms with E-state index in [0.717, 1.165) is 36.1 Å². The second kappa shape index (κ2) is 7.09. The summed E-state index contributed by atoms with van der Waals surface area (Å²) in [5.41, 5.74) is 3.38. The van der Waals surface area contributed by atoms with Gasteiger partial charge in [-0.3, -0.25) is 4.79 Å². The Balaban J connectivity index is 1.63. The van der Waals surface area contributed by atoms with E-state index in [9.17, 15) is 13.2 Å². The van der Waals surface area contributed by atoms with Gasteiger partial charge in [0.15, 0.2) is 0 Å². The molecule has 0 bridgehead atoms. The average molecular weight is 385 g/mol. The van der Waals surface area contributed by atoms with Crippen LogP contribution in [0.4, 0.5) is 5.69 Å². The largest absolute Gasteiger partial charge is 0.308 e. The number of hydrogen-bond acceptors (Lipinski definition) is 3. The molecule has 5 nitrogen and oxygen atoms in total. The Kier molecular flexibility index (Phi) is 4.78. The zero-order chi connectivity index (χ0) is 19.0. The second-order valence-corrected chi connectivity index (χ2v) is 9.21. The smallest absolute Gasteiger partial charge is 0.258 e. The number of fused-ring (bicyclic) bond motifs is 1. The molecule has 1 amide bonds. The predicted octanol–water partition coefficient (Wildman–Crippen LogP) is 3.37. The quantitative estimate of drug-likeness (QED) is 0.815. The molecule has 0 saturated carbocycles. The van der Waals surface area contributed by atoms with Gasteiger partial charge >= 0.3 is 0 Å². The van der Waals surface area contributed by atoms with Crippen molar-refractivity contribution in [2.45, 2.75) is 37.5 Å². The molecule has 0 atom stereocenters. The lowest BCUT2D eigenvalue weighted by atomic mass is 10.1. The molecule has 4 rings (SSSR count). The van der Waals surface area contributed by atoms with Gasteiger partial charge in [-0.1, -0.05) is 24.6 Å². The van der Waals surface area contributed by atoms with Crippen LogP contribution < -0.4 is 4.90 Å². The van der Waals surface area contributed by atoms with Crippen molar-refractivity contribution < 1.29 is 13.2 Å². The third-order valence-electron chi connectivity index (χ3n) is 5.52. The number of aryl methyl sites for hydroxylation is 1. The Morgan fingerprint density at radius 2 is 1.70 bits per heavy atom. The molecular formula is C21H24N2O3S. The molecule has 0 N–H and O–H groups in total. The lowest BCUT2D eigenvalue weighted by Crippen LogP contribution is -2.35. The highest BCUT2D eigenvalue weighted by molar-refractivity contribution is 7.89. The monoisotopic (exact) mass is 384 g/mol. The summed E-state index contributed by atoms with van der Waals surface area (Å²) in [5, 5.41) is 0. The zero-order valence-corrected chi connectivity index (χ0v) is 16.3. The first-order chi connectivity index (χ1) is 13.0. The maximum Gasteiger partial charge on any atom is 0.258 e. The van der Waals surface area contributed by atoms with Crippen LogP contribution in [0.25, 0.3) is 0 Å². The fourth-order valence-corrected chi connectivity index (χ4v) is 5.53. The number of anilines is 1. The Morgan fingerprint density at radius 3 is 2.44 bits per heavy atom. The number of rotatable bonds is 3. The number of benzene rings is 2. The predicted molar refractivity (Wildman–Crippen MR) is 106 cm³/mol. The van der Waals surface area contributed by atoms with Crippen molar-refractivity contribution in [1.29, 1.82) is 0 Å². The molecule has 27 heavy (non-hydrogen) atoms. The first kappa shape index (κ1) is 18.2. The van der Waals surface area contributed by atoms with E-state index in [0.29, 0.717) is 36.5 Å². The van der Waals surface area contributed by atoms with Crippen LogP contribution in [0.15, 0.2) is 47.4 Å². The fraction of sp³-hybridized carbons (Fsp3) is 0.381. The van der Waals surface area contributed by atoms with E-state index in [2.05, 4.69) is 0 Å². The lowest BCUT2D eigenvalue weighted by Gasteiger charge is -2.26. The van der Waals surface area contributed by atoms with Crippen molar-refractivity contribution in [3.63, 3.8) is 0 Å². The molecule has 1 fully saturated rings. The van der Waals surface area contributed by atoms with E-state index < -0.39 is 10.0 Å². The summed E-state index contributed by atoms with van der Waals surface area (Å²) in [6.45, 7) is 3.70. The fourth-order valence-electron chi connectivity index (χ4n) is 3.96. The SMILES string of the molecule is Cc1ccccc1C(=O)N1CCc2cc(S(=O)(=O)N3CCCCC3)ccc21. The molecule has 2 aromatic rings. The Hall–Kier alpha value is -2.18. The van der Waals surface area contributed by atoms with E-state index in [1.54, 1.807) is 27.4 Å². The lowest BCUT2D eigenvalue weighted by molar-refractivity contribution is 0.0989. The van der Waals surface area contributed by atoms with Gasteiger partial charge in [0.05, 0.1) is 4.90 Å². The third kappa shape index (κ3) is 3.28. The summed E-state index contributed by atoms with van der Waals surface area (Å²) >= 11 is 0. The number of sulfonamides is 1. The summed E-state index contributed by atoms with van der Waals surface area (Å²) in [6.07, 6.45) is 3.61. The summed E-state index contributed by atoms with van der Waals surface area (Å²) in [4.78, 5) is 15.1. The van der Waals surface area contributed by atoms with Crippen molar-refractivity contribution in [3.8, 4) is 0 Å². The zero-order valence-electron chi connectivity index (χ0n) is 15.5. The van der Waals surface area contributed by atoms with Crippen LogP contribution in [0.1, 0.15) is 40.7 Å². The second-order valence-electron chi connectivity index (χ2n) is 7.28. The number of carbonyl (C=O) groups excluding carboxylic acids is 1. The molecule has 0 spiro atoms. The minimum Gasteiger partial charge on any atom is -0.308 e. The normalized spacial score (nSPS) is 17.7. The first-order valence-electron chi connectivity index (χ1n) is 9.49. The van der Waals surface area contributed by atoms with E-state index in [4.69, 9.17) is 0 Å². The standard InChI is InChI=1S/C21H24N2O3S/c1-16-7-3-4-8-19(16)21(24)23-14-11-17-15-18(9-10-20(17)23)27(25,26)22-12-5-2-6-13-22/h3-4,7-10,15H,2,5-6,11-14H2,1H3. The highest BCUT2D eigenvalue weighted by Gasteiger charge is 2.30. The molecule has 0 radical (unpaired) electrons. The van der Waals surface area contributed by atoms with Gasteiger partial charge in [0.1, 0.15) is 0 Å². The van der Waals surface area contributed by atoms with Crippen molar-refractivity contribution in [1.82, 2.24) is 4.31 Å². The van der Waals surface area contributed by atoms with Crippen LogP contribution in [-0.4, -0.2) is 38.3 Å². The summed E-state index contributed by atoms with van der Waals surface area (Å²) < 4.78 is 27.4. The molecule has 2 aliphatic heterocycles. The molecule has 0 unspecified atom stereocenters. The number of amides is 1. The van der Waals surface area contributed by atoms with E-state index in [1.165, 1.54) is 0 Å². The minimum absolute atomic E-state index is 0.0292. The maximum atomic E-state index is 13.0. The summed E-state index contributed by atoms with van der Waals surface area (Å²) in [6, 6.07) is 12.7. The Morgan fingerprint density at radius 1 is 0.963 bits per heavy atom. The van der Waals surface area contributed by atoms with Crippen molar-refractivity contribution in [2.75, 3.05) is 24.5 Å². The molecule has 6 heteroatoms. The first-order valence-corrected chi connectivity index (χ1v) is 10.9. The maximum absolute atomic E-state index is 13.0. The summed E-state index contributed by atoms with van der Waals surface area (Å²) in [5.74, 6) is -0.0292. The van der Waals surface area contributed by atoms with Gasteiger partial charge in [0, 0.05) is 30.9 Å². The average Bonchev–Trinajstić information content (AvgIpc) is 3.12. The molecular weight excluding hydrogens is 360 g/mol. The number of hydrogen-bond donors (Lipinski definition) is 0. The Bertz CT molecular complexity index is 979. The van der Waals surface area contributed by atoms with Gasteiger partial charge < -0.3 is 4.90 Å². The molecule has 142 valence electrons. The molecule has 1 saturated heterocycles. The van der Waals surface area contributed by atoms with Crippen LogP contribution in [0.5, 0.6) is 0 Å². The van der Waals surface area contributed by atoms with Gasteiger partial charge in [-0.05, 0) is 61.6 Å². The van der Waals surface area contributed by atoms with Crippen LogP contribution in [-0.2, 0) is 16.4 Å². The minimum atomic E-state index is -3.45. The molecule has 0 aliphatic carbocycles. The van der Waals surface area contributed by atoms with Gasteiger partial charge in [-0.25, -0.2) is 8.42 Å². The van der Waals surface area contributed by atoms with Gasteiger partial charge in [-0.15, -0.1) is 0 Å². The van der Waals surface area contributed by atoms with E-state index in [1.807, 2.05) is 31.2 Å². The third-order valence-corrected chi connectivity index (χ3v) is 7.41. The van der Waals surface area contributed by atoms with E-state index in [-0.39, 0.29) is 5.91 Å². The molecule has 2 aromatic carbocycles. The van der Waals surface area contributed by atoms with Gasteiger partial charge in [0.25, 0.3) is 5.91 Å².